The first kappa shape index (κ1) is 25.9. The lowest BCUT2D eigenvalue weighted by molar-refractivity contribution is 0.00708. The third-order valence-electron chi connectivity index (χ3n) is 5.03. The monoisotopic (exact) mass is 472 g/mol. The van der Waals surface area contributed by atoms with Gasteiger partial charge in [0.05, 0.1) is 57.6 Å². The van der Waals surface area contributed by atoms with Crippen LogP contribution in [-0.2, 0) is 14.2 Å². The molecule has 0 spiro atoms. The number of azo groups is 1. The van der Waals surface area contributed by atoms with E-state index in [4.69, 9.17) is 28.4 Å². The topological polar surface area (TPSA) is 80.1 Å². The molecule has 2 aromatic rings. The van der Waals surface area contributed by atoms with Crippen LogP contribution in [0.1, 0.15) is 32.6 Å². The zero-order valence-electron chi connectivity index (χ0n) is 20.1. The van der Waals surface area contributed by atoms with E-state index in [1.54, 1.807) is 0 Å². The molecule has 0 aliphatic carbocycles. The molecule has 0 saturated carbocycles. The minimum atomic E-state index is 0.396. The van der Waals surface area contributed by atoms with Crippen molar-refractivity contribution in [1.29, 1.82) is 0 Å². The molecule has 1 aliphatic heterocycles. The van der Waals surface area contributed by atoms with Crippen LogP contribution in [0.25, 0.3) is 0 Å². The lowest BCUT2D eigenvalue weighted by Crippen LogP contribution is -2.13. The van der Waals surface area contributed by atoms with Crippen LogP contribution in [0.4, 0.5) is 11.4 Å². The van der Waals surface area contributed by atoms with Gasteiger partial charge in [0.1, 0.15) is 19.0 Å². The van der Waals surface area contributed by atoms with Gasteiger partial charge in [-0.25, -0.2) is 0 Å². The van der Waals surface area contributed by atoms with Gasteiger partial charge in [0, 0.05) is 6.07 Å². The zero-order chi connectivity index (χ0) is 23.7. The molecule has 186 valence electrons. The van der Waals surface area contributed by atoms with Gasteiger partial charge in [0.2, 0.25) is 0 Å². The molecule has 1 heterocycles. The molecule has 0 radical (unpaired) electrons. The van der Waals surface area contributed by atoms with Gasteiger partial charge >= 0.3 is 0 Å². The summed E-state index contributed by atoms with van der Waals surface area (Å²) in [6.07, 6.45) is 4.75. The first-order chi connectivity index (χ1) is 16.8. The van der Waals surface area contributed by atoms with E-state index in [0.717, 1.165) is 24.5 Å². The summed E-state index contributed by atoms with van der Waals surface area (Å²) in [4.78, 5) is 0. The highest BCUT2D eigenvalue weighted by Gasteiger charge is 2.08. The van der Waals surface area contributed by atoms with Crippen molar-refractivity contribution in [3.63, 3.8) is 0 Å². The van der Waals surface area contributed by atoms with Crippen LogP contribution in [0.5, 0.6) is 17.2 Å². The summed E-state index contributed by atoms with van der Waals surface area (Å²) in [5, 5.41) is 8.69. The Labute approximate surface area is 202 Å². The molecule has 8 nitrogen and oxygen atoms in total. The number of benzene rings is 2. The Bertz CT molecular complexity index is 844. The van der Waals surface area contributed by atoms with Crippen molar-refractivity contribution < 1.29 is 28.4 Å². The van der Waals surface area contributed by atoms with Crippen molar-refractivity contribution in [1.82, 2.24) is 0 Å². The van der Waals surface area contributed by atoms with Crippen molar-refractivity contribution >= 4 is 11.4 Å². The van der Waals surface area contributed by atoms with E-state index in [1.807, 2.05) is 42.5 Å². The number of hydrogen-bond donors (Lipinski definition) is 0. The predicted octanol–water partition coefficient (Wildman–Crippen LogP) is 5.88. The molecule has 2 aromatic carbocycles. The Morgan fingerprint density at radius 1 is 0.647 bits per heavy atom. The van der Waals surface area contributed by atoms with Gasteiger partial charge in [-0.1, -0.05) is 26.2 Å². The van der Waals surface area contributed by atoms with Crippen molar-refractivity contribution in [3.05, 3.63) is 42.5 Å². The molecule has 8 heteroatoms. The summed E-state index contributed by atoms with van der Waals surface area (Å²) in [7, 11) is 0. The van der Waals surface area contributed by atoms with E-state index >= 15 is 0 Å². The molecular weight excluding hydrogens is 436 g/mol. The van der Waals surface area contributed by atoms with Crippen LogP contribution in [0.15, 0.2) is 52.7 Å². The summed E-state index contributed by atoms with van der Waals surface area (Å²) in [5.74, 6) is 2.08. The molecule has 0 bridgehead atoms. The fourth-order valence-electron chi connectivity index (χ4n) is 3.20. The van der Waals surface area contributed by atoms with Crippen LogP contribution in [0.2, 0.25) is 0 Å². The van der Waals surface area contributed by atoms with E-state index in [0.29, 0.717) is 70.0 Å². The highest BCUT2D eigenvalue weighted by atomic mass is 16.6. The van der Waals surface area contributed by atoms with Crippen LogP contribution in [-0.4, -0.2) is 59.5 Å². The number of unbranched alkanes of at least 4 members (excludes halogenated alkanes) is 3. The summed E-state index contributed by atoms with van der Waals surface area (Å²) < 4.78 is 34.0. The Morgan fingerprint density at radius 2 is 1.24 bits per heavy atom. The van der Waals surface area contributed by atoms with Gasteiger partial charge in [0.25, 0.3) is 0 Å². The smallest absolute Gasteiger partial charge is 0.163 e. The fraction of sp³-hybridized carbons (Fsp3) is 0.538. The Hall–Kier alpha value is -2.68. The highest BCUT2D eigenvalue weighted by molar-refractivity contribution is 5.52. The van der Waals surface area contributed by atoms with Crippen LogP contribution in [0, 0.1) is 0 Å². The summed E-state index contributed by atoms with van der Waals surface area (Å²) in [6, 6.07) is 13.1. The van der Waals surface area contributed by atoms with Crippen LogP contribution < -0.4 is 14.2 Å². The van der Waals surface area contributed by atoms with Gasteiger partial charge in [-0.05, 0) is 42.8 Å². The predicted molar refractivity (Wildman–Crippen MR) is 130 cm³/mol. The first-order valence-corrected chi connectivity index (χ1v) is 12.1. The van der Waals surface area contributed by atoms with E-state index < -0.39 is 0 Å². The zero-order valence-corrected chi connectivity index (χ0v) is 20.1. The molecule has 1 aliphatic rings. The lowest BCUT2D eigenvalue weighted by atomic mass is 10.2. The first-order valence-electron chi connectivity index (χ1n) is 12.1. The Balaban J connectivity index is 1.56. The fourth-order valence-corrected chi connectivity index (χ4v) is 3.20. The van der Waals surface area contributed by atoms with Crippen molar-refractivity contribution in [3.8, 4) is 17.2 Å². The molecule has 0 atom stereocenters. The van der Waals surface area contributed by atoms with Crippen molar-refractivity contribution in [2.75, 3.05) is 59.5 Å². The van der Waals surface area contributed by atoms with Gasteiger partial charge in [-0.2, -0.15) is 10.2 Å². The minimum Gasteiger partial charge on any atom is -0.494 e. The molecule has 0 amide bonds. The van der Waals surface area contributed by atoms with Crippen molar-refractivity contribution in [2.24, 2.45) is 10.2 Å². The van der Waals surface area contributed by atoms with E-state index in [-0.39, 0.29) is 0 Å². The molecule has 0 saturated heterocycles. The number of fused-ring (bicyclic) bond motifs is 1. The second-order valence-corrected chi connectivity index (χ2v) is 7.77. The average Bonchev–Trinajstić information content (AvgIpc) is 2.87. The molecule has 3 rings (SSSR count). The maximum absolute atomic E-state index is 5.88. The van der Waals surface area contributed by atoms with E-state index in [2.05, 4.69) is 17.2 Å². The standard InChI is InChI=1S/C26H36N2O6/c1-2-3-4-5-12-32-24-9-6-22(7-10-24)27-28-23-8-11-25-26(21-23)34-20-18-31-16-14-29-13-15-30-17-19-33-25/h6-11,21H,2-5,12-20H2,1H3. The second kappa shape index (κ2) is 16.0. The van der Waals surface area contributed by atoms with Gasteiger partial charge in [0.15, 0.2) is 11.5 Å². The van der Waals surface area contributed by atoms with Crippen molar-refractivity contribution in [2.45, 2.75) is 32.6 Å². The Kier molecular flexibility index (Phi) is 12.2. The van der Waals surface area contributed by atoms with E-state index in [9.17, 15) is 0 Å². The van der Waals surface area contributed by atoms with Gasteiger partial charge in [-0.3, -0.25) is 0 Å². The third kappa shape index (κ3) is 10.1. The third-order valence-corrected chi connectivity index (χ3v) is 5.03. The normalized spacial score (nSPS) is 16.0. The quantitative estimate of drug-likeness (QED) is 0.352. The summed E-state index contributed by atoms with van der Waals surface area (Å²) >= 11 is 0. The number of hydrogen-bond acceptors (Lipinski definition) is 8. The molecule has 0 N–H and O–H groups in total. The largest absolute Gasteiger partial charge is 0.494 e. The van der Waals surface area contributed by atoms with Crippen LogP contribution in [0.3, 0.4) is 0 Å². The van der Waals surface area contributed by atoms with Gasteiger partial charge < -0.3 is 28.4 Å². The SMILES string of the molecule is CCCCCCOc1ccc(N=Nc2ccc3c(c2)OCCOCCOCCOCCO3)cc1. The number of nitrogens with zero attached hydrogens (tertiary/aromatic N) is 2. The lowest BCUT2D eigenvalue weighted by Gasteiger charge is -2.13. The maximum atomic E-state index is 5.88. The molecule has 0 aromatic heterocycles. The average molecular weight is 473 g/mol. The van der Waals surface area contributed by atoms with E-state index in [1.165, 1.54) is 19.3 Å². The number of rotatable bonds is 8. The summed E-state index contributed by atoms with van der Waals surface area (Å²) in [5.41, 5.74) is 1.42. The minimum absolute atomic E-state index is 0.396. The highest BCUT2D eigenvalue weighted by Crippen LogP contribution is 2.32. The molecule has 0 fully saturated rings. The molecule has 34 heavy (non-hydrogen) atoms. The molecular formula is C26H36N2O6. The second-order valence-electron chi connectivity index (χ2n) is 7.77. The summed E-state index contributed by atoms with van der Waals surface area (Å²) in [6.45, 7) is 6.80. The maximum Gasteiger partial charge on any atom is 0.163 e. The number of ether oxygens (including phenoxy) is 6. The Morgan fingerprint density at radius 3 is 1.91 bits per heavy atom. The van der Waals surface area contributed by atoms with Crippen LogP contribution >= 0.6 is 0 Å². The van der Waals surface area contributed by atoms with Gasteiger partial charge in [-0.15, -0.1) is 0 Å². The molecule has 0 unspecified atom stereocenters.